The monoisotopic (exact) mass is 481 g/mol. The number of imidazole rings is 1. The summed E-state index contributed by atoms with van der Waals surface area (Å²) < 4.78 is 29.7. The molecule has 0 saturated carbocycles. The van der Waals surface area contributed by atoms with Crippen molar-refractivity contribution in [3.8, 4) is 0 Å². The second-order valence-electron chi connectivity index (χ2n) is 8.08. The van der Waals surface area contributed by atoms with Gasteiger partial charge in [0.1, 0.15) is 11.3 Å². The first-order chi connectivity index (χ1) is 16.3. The smallest absolute Gasteiger partial charge is 0.335 e. The number of nitrogen functional groups attached to an aromatic ring is 1. The molecule has 2 aromatic heterocycles. The summed E-state index contributed by atoms with van der Waals surface area (Å²) in [4.78, 5) is 20.8. The van der Waals surface area contributed by atoms with Crippen LogP contribution in [-0.4, -0.2) is 40.6 Å². The summed E-state index contributed by atoms with van der Waals surface area (Å²) in [6, 6.07) is 13.0. The molecule has 0 bridgehead atoms. The number of sulfonamides is 1. The number of carboxylic acid groups (broad SMARTS) is 1. The van der Waals surface area contributed by atoms with Crippen molar-refractivity contribution < 1.29 is 18.3 Å². The number of nitrogens with one attached hydrogen (secondary N) is 1. The minimum Gasteiger partial charge on any atom is -0.478 e. The molecule has 0 radical (unpaired) electrons. The summed E-state index contributed by atoms with van der Waals surface area (Å²) in [5.41, 5.74) is 8.19. The predicted molar refractivity (Wildman–Crippen MR) is 131 cm³/mol. The Bertz CT molecular complexity index is 1450. The highest BCUT2D eigenvalue weighted by atomic mass is 32.2. The van der Waals surface area contributed by atoms with Gasteiger partial charge < -0.3 is 15.4 Å². The van der Waals surface area contributed by atoms with Crippen LogP contribution in [0.2, 0.25) is 0 Å². The van der Waals surface area contributed by atoms with Crippen molar-refractivity contribution in [1.29, 1.82) is 0 Å². The van der Waals surface area contributed by atoms with E-state index >= 15 is 0 Å². The Balaban J connectivity index is 1.66. The van der Waals surface area contributed by atoms with Crippen LogP contribution in [0, 0.1) is 0 Å². The maximum Gasteiger partial charge on any atom is 0.335 e. The molecular formula is C24H27N5O4S. The summed E-state index contributed by atoms with van der Waals surface area (Å²) in [5.74, 6) is 0.0580. The molecule has 2 heterocycles. The summed E-state index contributed by atoms with van der Waals surface area (Å²) in [7, 11) is -3.58. The fourth-order valence-corrected chi connectivity index (χ4v) is 5.08. The van der Waals surface area contributed by atoms with Gasteiger partial charge in [-0.15, -0.1) is 0 Å². The van der Waals surface area contributed by atoms with Crippen LogP contribution in [0.4, 0.5) is 5.82 Å². The number of fused-ring (bicyclic) bond motifs is 3. The number of aromatic carboxylic acids is 1. The molecule has 0 saturated heterocycles. The summed E-state index contributed by atoms with van der Waals surface area (Å²) in [6.45, 7) is 2.88. The highest BCUT2D eigenvalue weighted by molar-refractivity contribution is 7.89. The molecule has 0 spiro atoms. The van der Waals surface area contributed by atoms with Gasteiger partial charge in [-0.2, -0.15) is 0 Å². The standard InChI is InChI=1S/C24H27N5O4S/c1-2-3-10-20-28-21-22(18-12-11-16(24(30)31)15-19(18)27-23(21)25)29(20)14-7-13-26-34(32,33)17-8-5-4-6-9-17/h4-6,8-9,11-12,15,26H,2-3,7,10,13-14H2,1H3,(H2,25,27)(H,30,31). The van der Waals surface area contributed by atoms with Crippen molar-refractivity contribution in [1.82, 2.24) is 19.3 Å². The number of aryl methyl sites for hydroxylation is 2. The van der Waals surface area contributed by atoms with E-state index in [1.807, 2.05) is 0 Å². The zero-order chi connectivity index (χ0) is 24.3. The van der Waals surface area contributed by atoms with Crippen LogP contribution >= 0.6 is 0 Å². The number of unbranched alkanes of at least 4 members (excludes halogenated alkanes) is 1. The zero-order valence-corrected chi connectivity index (χ0v) is 19.7. The molecule has 178 valence electrons. The molecule has 0 atom stereocenters. The lowest BCUT2D eigenvalue weighted by Crippen LogP contribution is -2.25. The topological polar surface area (TPSA) is 140 Å². The molecule has 0 aliphatic heterocycles. The molecule has 10 heteroatoms. The molecule has 4 aromatic rings. The molecule has 2 aromatic carbocycles. The normalized spacial score (nSPS) is 11.9. The minimum atomic E-state index is -3.58. The van der Waals surface area contributed by atoms with Crippen molar-refractivity contribution >= 4 is 43.7 Å². The number of nitrogens with zero attached hydrogens (tertiary/aromatic N) is 3. The average molecular weight is 482 g/mol. The van der Waals surface area contributed by atoms with Crippen molar-refractivity contribution in [2.45, 2.75) is 44.0 Å². The number of hydrogen-bond acceptors (Lipinski definition) is 6. The number of aromatic nitrogens is 3. The first-order valence-corrected chi connectivity index (χ1v) is 12.7. The third-order valence-corrected chi connectivity index (χ3v) is 7.16. The van der Waals surface area contributed by atoms with E-state index < -0.39 is 16.0 Å². The van der Waals surface area contributed by atoms with E-state index in [1.165, 1.54) is 6.07 Å². The van der Waals surface area contributed by atoms with Gasteiger partial charge in [-0.05, 0) is 43.2 Å². The molecule has 34 heavy (non-hydrogen) atoms. The highest BCUT2D eigenvalue weighted by Crippen LogP contribution is 2.30. The Morgan fingerprint density at radius 3 is 2.59 bits per heavy atom. The first kappa shape index (κ1) is 23.7. The maximum atomic E-state index is 12.5. The number of hydrogen-bond donors (Lipinski definition) is 3. The van der Waals surface area contributed by atoms with Crippen LogP contribution in [0.1, 0.15) is 42.4 Å². The van der Waals surface area contributed by atoms with Crippen LogP contribution in [0.25, 0.3) is 21.9 Å². The second kappa shape index (κ2) is 9.78. The lowest BCUT2D eigenvalue weighted by atomic mass is 10.1. The number of anilines is 1. The SMILES string of the molecule is CCCCc1nc2c(N)nc3cc(C(=O)O)ccc3c2n1CCCNS(=O)(=O)c1ccccc1. The van der Waals surface area contributed by atoms with E-state index in [4.69, 9.17) is 10.7 Å². The molecule has 0 aliphatic carbocycles. The van der Waals surface area contributed by atoms with Crippen molar-refractivity contribution in [3.63, 3.8) is 0 Å². The fourth-order valence-electron chi connectivity index (χ4n) is 3.98. The van der Waals surface area contributed by atoms with E-state index in [0.717, 1.165) is 36.0 Å². The van der Waals surface area contributed by atoms with E-state index in [9.17, 15) is 18.3 Å². The van der Waals surface area contributed by atoms with Crippen LogP contribution in [-0.2, 0) is 23.0 Å². The Labute approximate surface area is 197 Å². The molecule has 0 aliphatic rings. The Morgan fingerprint density at radius 1 is 1.12 bits per heavy atom. The highest BCUT2D eigenvalue weighted by Gasteiger charge is 2.19. The predicted octanol–water partition coefficient (Wildman–Crippen LogP) is 3.58. The Morgan fingerprint density at radius 2 is 1.88 bits per heavy atom. The van der Waals surface area contributed by atoms with Crippen molar-refractivity contribution in [2.24, 2.45) is 0 Å². The van der Waals surface area contributed by atoms with Crippen LogP contribution in [0.3, 0.4) is 0 Å². The first-order valence-electron chi connectivity index (χ1n) is 11.2. The Kier molecular flexibility index (Phi) is 6.80. The number of carbonyl (C=O) groups is 1. The zero-order valence-electron chi connectivity index (χ0n) is 18.9. The molecule has 0 amide bonds. The molecule has 4 N–H and O–H groups in total. The summed E-state index contributed by atoms with van der Waals surface area (Å²) >= 11 is 0. The van der Waals surface area contributed by atoms with Gasteiger partial charge in [-0.3, -0.25) is 0 Å². The second-order valence-corrected chi connectivity index (χ2v) is 9.85. The third-order valence-electron chi connectivity index (χ3n) is 5.69. The molecular weight excluding hydrogens is 454 g/mol. The quantitative estimate of drug-likeness (QED) is 0.294. The largest absolute Gasteiger partial charge is 0.478 e. The van der Waals surface area contributed by atoms with Gasteiger partial charge in [0.15, 0.2) is 5.82 Å². The van der Waals surface area contributed by atoms with Gasteiger partial charge in [-0.25, -0.2) is 27.9 Å². The van der Waals surface area contributed by atoms with Crippen LogP contribution in [0.5, 0.6) is 0 Å². The van der Waals surface area contributed by atoms with Gasteiger partial charge in [-0.1, -0.05) is 31.5 Å². The third kappa shape index (κ3) is 4.73. The molecule has 4 rings (SSSR count). The number of nitrogens with two attached hydrogens (primary N) is 1. The number of benzene rings is 2. The lowest BCUT2D eigenvalue weighted by Gasteiger charge is -2.12. The summed E-state index contributed by atoms with van der Waals surface area (Å²) in [6.07, 6.45) is 3.22. The van der Waals surface area contributed by atoms with E-state index in [2.05, 4.69) is 21.2 Å². The Hall–Kier alpha value is -3.50. The van der Waals surface area contributed by atoms with Crippen LogP contribution in [0.15, 0.2) is 53.4 Å². The maximum absolute atomic E-state index is 12.5. The minimum absolute atomic E-state index is 0.131. The van der Waals surface area contributed by atoms with E-state index in [1.54, 1.807) is 42.5 Å². The lowest BCUT2D eigenvalue weighted by molar-refractivity contribution is 0.0697. The van der Waals surface area contributed by atoms with Gasteiger partial charge in [0.2, 0.25) is 10.0 Å². The number of pyridine rings is 1. The van der Waals surface area contributed by atoms with Crippen molar-refractivity contribution in [2.75, 3.05) is 12.3 Å². The summed E-state index contributed by atoms with van der Waals surface area (Å²) in [5, 5.41) is 10.1. The number of rotatable bonds is 10. The van der Waals surface area contributed by atoms with E-state index in [0.29, 0.717) is 24.0 Å². The van der Waals surface area contributed by atoms with Gasteiger partial charge in [0, 0.05) is 24.9 Å². The van der Waals surface area contributed by atoms with Gasteiger partial charge in [0.05, 0.1) is 21.5 Å². The van der Waals surface area contributed by atoms with Crippen LogP contribution < -0.4 is 10.5 Å². The number of carboxylic acids is 1. The molecule has 0 unspecified atom stereocenters. The van der Waals surface area contributed by atoms with Gasteiger partial charge in [0.25, 0.3) is 0 Å². The average Bonchev–Trinajstić information content (AvgIpc) is 3.20. The fraction of sp³-hybridized carbons (Fsp3) is 0.292. The van der Waals surface area contributed by atoms with E-state index in [-0.39, 0.29) is 22.8 Å². The molecule has 0 fully saturated rings. The van der Waals surface area contributed by atoms with Gasteiger partial charge >= 0.3 is 5.97 Å². The van der Waals surface area contributed by atoms with Crippen molar-refractivity contribution in [3.05, 3.63) is 59.9 Å². The molecule has 9 nitrogen and oxygen atoms in total.